The number of nitrogens with one attached hydrogen (secondary N) is 11. The van der Waals surface area contributed by atoms with Crippen LogP contribution in [0, 0.1) is 29.6 Å². The largest absolute Gasteiger partial charge is 0.508 e. The smallest absolute Gasteiger partial charge is 0.407 e. The standard InChI is InChI=1S/C83H94ClN11O23/c1-35(2)20-52(87-5)74(102)94-67-69(99)41-10-14-55(51(84)27-41)115-59-30-44-29-58(72(59)117-81-71(101)70(100)73-60(116-81)34-88-82(109)118-73)114-46-11-6-38(7-12-46)68(98)66-80(108)93-65(78(106)90-62-42-22-36-21-37(24-42)25-43(62)23-36)48-31-45(96)32-50-61(48)47-26-40(8-13-49(47)83(50,110)111)63(76(104)95-66)92-77(105)64(44)91-75(103)53(89-79(67)107)33-54(97)39-9-15-56(112-18-16-85-3)57(28-39)113-19-17-86-4/h6-15,26-32,35-37,42-43,52-53,60,62-71,73,81,85-87,96,98-101,110-111H,16-25,33-34H2,1-5H3,(H,88,109)(H,89,107)(H,90,106)(H,91,103)(H,92,105)(H,93,108)(H,94,102)(H,95,104)/t36?,37?,42?,43?,52-,53+,60-,62?,63-,64-,65+,66+,67-,68-,69-,70-,71-,73-,81+/m1/s1. The summed E-state index contributed by atoms with van der Waals surface area (Å²) in [5.74, 6) is -12.8. The Kier molecular flexibility index (Phi) is 23.7. The predicted molar refractivity (Wildman–Crippen MR) is 417 cm³/mol. The van der Waals surface area contributed by atoms with E-state index in [9.17, 15) is 45.3 Å². The maximum Gasteiger partial charge on any atom is 0.407 e. The fraction of sp³-hybridized carbons (Fsp3) is 0.458. The van der Waals surface area contributed by atoms with Gasteiger partial charge in [-0.25, -0.2) is 4.79 Å². The fourth-order valence-electron chi connectivity index (χ4n) is 17.9. The van der Waals surface area contributed by atoms with Crippen LogP contribution >= 0.6 is 11.6 Å². The van der Waals surface area contributed by atoms with Crippen molar-refractivity contribution in [3.05, 3.63) is 153 Å². The number of benzene rings is 6. The second kappa shape index (κ2) is 33.9. The van der Waals surface area contributed by atoms with Gasteiger partial charge in [-0.05, 0) is 201 Å². The van der Waals surface area contributed by atoms with Crippen molar-refractivity contribution in [3.8, 4) is 57.1 Å². The highest BCUT2D eigenvalue weighted by Gasteiger charge is 2.53. The molecule has 6 aromatic carbocycles. The lowest BCUT2D eigenvalue weighted by molar-refractivity contribution is -0.275. The quantitative estimate of drug-likeness (QED) is 0.0296. The molecule has 0 aromatic heterocycles. The van der Waals surface area contributed by atoms with Crippen molar-refractivity contribution in [2.24, 2.45) is 29.6 Å². The van der Waals surface area contributed by atoms with Gasteiger partial charge in [-0.1, -0.05) is 55.8 Å². The van der Waals surface area contributed by atoms with Crippen LogP contribution in [0.4, 0.5) is 4.79 Å². The Morgan fingerprint density at radius 2 is 1.30 bits per heavy atom. The van der Waals surface area contributed by atoms with Gasteiger partial charge in [0.25, 0.3) is 0 Å². The molecule has 34 nitrogen and oxygen atoms in total. The van der Waals surface area contributed by atoms with Gasteiger partial charge in [0.1, 0.15) is 97.2 Å². The maximum absolute atomic E-state index is 16.6. The zero-order chi connectivity index (χ0) is 83.4. The summed E-state index contributed by atoms with van der Waals surface area (Å²) in [6.45, 7) is 4.48. The number of ketones is 1. The Labute approximate surface area is 681 Å². The van der Waals surface area contributed by atoms with Gasteiger partial charge in [0.15, 0.2) is 34.9 Å². The van der Waals surface area contributed by atoms with Crippen molar-refractivity contribution in [3.63, 3.8) is 0 Å². The van der Waals surface area contributed by atoms with E-state index >= 15 is 33.6 Å². The number of carbonyl (C=O) groups excluding carboxylic acids is 9. The molecule has 118 heavy (non-hydrogen) atoms. The van der Waals surface area contributed by atoms with Crippen molar-refractivity contribution in [2.75, 3.05) is 54.0 Å². The summed E-state index contributed by atoms with van der Waals surface area (Å²) in [6, 6.07) is 7.79. The Morgan fingerprint density at radius 3 is 1.98 bits per heavy atom. The van der Waals surface area contributed by atoms with E-state index in [1.165, 1.54) is 92.0 Å². The first kappa shape index (κ1) is 82.3. The van der Waals surface area contributed by atoms with Gasteiger partial charge < -0.3 is 127 Å². The average Bonchev–Trinajstić information content (AvgIpc) is 1.56. The first-order chi connectivity index (χ1) is 56.5. The molecular weight excluding hydrogens is 1550 g/mol. The molecule has 18 N–H and O–H groups in total. The van der Waals surface area contributed by atoms with Gasteiger partial charge in [-0.2, -0.15) is 0 Å². The maximum atomic E-state index is 16.6. The minimum absolute atomic E-state index is 0.0581. The van der Waals surface area contributed by atoms with Crippen LogP contribution in [0.15, 0.2) is 103 Å². The molecule has 5 aliphatic carbocycles. The predicted octanol–water partition coefficient (Wildman–Crippen LogP) is 2.51. The number of phenolic OH excluding ortho intramolecular Hbond substituents is 1. The molecule has 0 radical (unpaired) electrons. The molecule has 18 rings (SSSR count). The van der Waals surface area contributed by atoms with Crippen LogP contribution in [0.3, 0.4) is 0 Å². The summed E-state index contributed by atoms with van der Waals surface area (Å²) in [4.78, 5) is 138. The molecular formula is C83H94ClN11O23. The lowest BCUT2D eigenvalue weighted by Crippen LogP contribution is -2.65. The number of hydrogen-bond donors (Lipinski definition) is 18. The monoisotopic (exact) mass is 1650 g/mol. The van der Waals surface area contributed by atoms with Crippen LogP contribution in [0.1, 0.15) is 138 Å². The molecule has 15 bridgehead atoms. The first-order valence-corrected chi connectivity index (χ1v) is 39.8. The molecule has 7 aliphatic heterocycles. The number of amides is 8. The van der Waals surface area contributed by atoms with Gasteiger partial charge in [0, 0.05) is 42.2 Å². The van der Waals surface area contributed by atoms with E-state index in [1.807, 2.05) is 13.8 Å². The number of ether oxygens (including phenoxy) is 7. The number of fused-ring (bicyclic) bond motifs is 13. The highest BCUT2D eigenvalue weighted by atomic mass is 35.5. The van der Waals surface area contributed by atoms with Crippen molar-refractivity contribution in [1.29, 1.82) is 0 Å². The highest BCUT2D eigenvalue weighted by Crippen LogP contribution is 2.56. The topological polar surface area (TPSA) is 492 Å². The van der Waals surface area contributed by atoms with Gasteiger partial charge >= 0.3 is 6.09 Å². The number of carbonyl (C=O) groups is 9. The molecule has 12 aliphatic rings. The number of halogens is 1. The number of likely N-dealkylation sites (N-methyl/N-ethyl adjacent to an activating group) is 3. The zero-order valence-electron chi connectivity index (χ0n) is 64.9. The summed E-state index contributed by atoms with van der Waals surface area (Å²) < 4.78 is 43.7. The zero-order valence-corrected chi connectivity index (χ0v) is 65.6. The lowest BCUT2D eigenvalue weighted by atomic mass is 9.54. The number of aliphatic hydroxyl groups is 6. The van der Waals surface area contributed by atoms with Crippen LogP contribution in [-0.2, 0) is 48.8 Å². The van der Waals surface area contributed by atoms with E-state index < -0.39 is 174 Å². The highest BCUT2D eigenvalue weighted by molar-refractivity contribution is 6.32. The summed E-state index contributed by atoms with van der Waals surface area (Å²) in [5.41, 5.74) is -1.67. The van der Waals surface area contributed by atoms with E-state index in [4.69, 9.17) is 44.8 Å². The SMILES string of the molecule is CNCCOc1ccc(C(=O)C[C@@H]2NC(=O)[C@H](NC(=O)[C@@H](CC(C)C)NC)[C@H](O)c3ccc(c(Cl)c3)Oc3cc4cc(c3O[C@@H]3O[C@@H]5CNC(=O)O[C@H]5[C@H](O)[C@H]3O)Oc3ccc(cc3)[C@@H](O)[C@@H]3NC(=O)[C@H](NC(=O)[C@@H]4NC2=O)c2ccc4c(c2)-c2c(cc(O)cc2C4(O)O)[C@@H](C(=O)NC2C4CC5CC(C4)CC2C5)NC3=O)cc1OCCNC. The normalized spacial score (nSPS) is 28.7. The average molecular weight is 1650 g/mol. The molecule has 8 amide bonds. The van der Waals surface area contributed by atoms with Crippen molar-refractivity contribution in [2.45, 2.75) is 156 Å². The number of phenols is 1. The number of alkyl carbamates (subject to hydrolysis) is 1. The van der Waals surface area contributed by atoms with Crippen LogP contribution in [-0.4, -0.2) is 204 Å². The Bertz CT molecular complexity index is 4910. The minimum atomic E-state index is -2.95. The van der Waals surface area contributed by atoms with Gasteiger partial charge in [0.05, 0.1) is 17.6 Å². The molecule has 2 saturated heterocycles. The number of aliphatic hydroxyl groups excluding tert-OH is 4. The van der Waals surface area contributed by atoms with Crippen LogP contribution in [0.5, 0.6) is 46.0 Å². The molecule has 6 fully saturated rings. The van der Waals surface area contributed by atoms with Gasteiger partial charge in [-0.15, -0.1) is 0 Å². The van der Waals surface area contributed by atoms with E-state index in [0.717, 1.165) is 50.3 Å². The summed E-state index contributed by atoms with van der Waals surface area (Å²) in [6.07, 6.45) is -9.69. The first-order valence-electron chi connectivity index (χ1n) is 39.5. The molecule has 6 aromatic rings. The van der Waals surface area contributed by atoms with E-state index in [-0.39, 0.29) is 134 Å². The van der Waals surface area contributed by atoms with Crippen molar-refractivity contribution >= 4 is 64.8 Å². The van der Waals surface area contributed by atoms with Gasteiger partial charge in [0.2, 0.25) is 59.2 Å². The Hall–Kier alpha value is -10.8. The molecule has 7 heterocycles. The molecule has 14 atom stereocenters. The molecule has 0 spiro atoms. The number of Topliss-reactive ketones (excluding diaryl/α,β-unsaturated/α-hetero) is 1. The second-order valence-electron chi connectivity index (χ2n) is 32.0. The molecule has 0 unspecified atom stereocenters. The van der Waals surface area contributed by atoms with Crippen LogP contribution < -0.4 is 82.2 Å². The summed E-state index contributed by atoms with van der Waals surface area (Å²) in [7, 11) is 4.94. The lowest BCUT2D eigenvalue weighted by Gasteiger charge is -2.54. The third-order valence-corrected chi connectivity index (χ3v) is 23.9. The molecule has 626 valence electrons. The Balaban J connectivity index is 0.912. The third kappa shape index (κ3) is 16.5. The van der Waals surface area contributed by atoms with E-state index in [2.05, 4.69) is 58.5 Å². The Morgan fingerprint density at radius 1 is 0.636 bits per heavy atom. The van der Waals surface area contributed by atoms with E-state index in [0.29, 0.717) is 24.9 Å². The summed E-state index contributed by atoms with van der Waals surface area (Å²) >= 11 is 7.18. The van der Waals surface area contributed by atoms with Crippen LogP contribution in [0.2, 0.25) is 5.02 Å². The molecule has 4 saturated carbocycles. The van der Waals surface area contributed by atoms with E-state index in [1.54, 1.807) is 14.1 Å². The number of rotatable bonds is 20. The van der Waals surface area contributed by atoms with Crippen LogP contribution in [0.25, 0.3) is 11.1 Å². The second-order valence-corrected chi connectivity index (χ2v) is 32.4. The number of hydrogen-bond acceptors (Lipinski definition) is 26. The fourth-order valence-corrected chi connectivity index (χ4v) is 18.1. The van der Waals surface area contributed by atoms with Crippen molar-refractivity contribution < 1.29 is 112 Å². The summed E-state index contributed by atoms with van der Waals surface area (Å²) in [5, 5.41) is 116. The number of aromatic hydroxyl groups is 1. The third-order valence-electron chi connectivity index (χ3n) is 23.6. The molecule has 35 heteroatoms. The van der Waals surface area contributed by atoms with Gasteiger partial charge in [-0.3, -0.25) is 38.4 Å². The minimum Gasteiger partial charge on any atom is -0.508 e. The van der Waals surface area contributed by atoms with Crippen molar-refractivity contribution in [1.82, 2.24) is 58.5 Å².